The molecule has 1 aromatic rings. The van der Waals surface area contributed by atoms with E-state index < -0.39 is 10.0 Å². The quantitative estimate of drug-likeness (QED) is 0.860. The van der Waals surface area contributed by atoms with Gasteiger partial charge in [0.05, 0.1) is 10.0 Å². The van der Waals surface area contributed by atoms with Crippen LogP contribution in [0.1, 0.15) is 0 Å². The Morgan fingerprint density at radius 3 is 2.28 bits per heavy atom. The number of sulfonamides is 1. The van der Waals surface area contributed by atoms with Crippen molar-refractivity contribution in [1.29, 1.82) is 0 Å². The molecule has 0 aliphatic rings. The third-order valence-electron chi connectivity index (χ3n) is 2.31. The SMILES string of the molecule is CNCCN(C)S(=O)(=O)c1c(Cl)cc(Br)cc1Cl. The summed E-state index contributed by atoms with van der Waals surface area (Å²) in [7, 11) is -0.443. The summed E-state index contributed by atoms with van der Waals surface area (Å²) in [4.78, 5) is -0.0624. The van der Waals surface area contributed by atoms with Gasteiger partial charge < -0.3 is 5.32 Å². The summed E-state index contributed by atoms with van der Waals surface area (Å²) >= 11 is 15.1. The van der Waals surface area contributed by atoms with Crippen LogP contribution in [0, 0.1) is 0 Å². The Bertz CT molecular complexity index is 514. The van der Waals surface area contributed by atoms with Crippen LogP contribution in [0.3, 0.4) is 0 Å². The summed E-state index contributed by atoms with van der Waals surface area (Å²) in [6.45, 7) is 0.878. The molecule has 4 nitrogen and oxygen atoms in total. The molecule has 0 aromatic heterocycles. The lowest BCUT2D eigenvalue weighted by Gasteiger charge is -2.18. The van der Waals surface area contributed by atoms with Gasteiger partial charge in [0.15, 0.2) is 0 Å². The van der Waals surface area contributed by atoms with E-state index in [1.807, 2.05) is 0 Å². The number of rotatable bonds is 5. The fraction of sp³-hybridized carbons (Fsp3) is 0.400. The molecule has 0 saturated carbocycles. The lowest BCUT2D eigenvalue weighted by Crippen LogP contribution is -2.33. The van der Waals surface area contributed by atoms with Crippen LogP contribution < -0.4 is 5.32 Å². The number of hydrogen-bond donors (Lipinski definition) is 1. The first-order chi connectivity index (χ1) is 8.30. The first-order valence-electron chi connectivity index (χ1n) is 5.06. The third kappa shape index (κ3) is 3.59. The molecular formula is C10H13BrCl2N2O2S. The number of halogens is 3. The lowest BCUT2D eigenvalue weighted by atomic mass is 10.4. The first-order valence-corrected chi connectivity index (χ1v) is 8.05. The van der Waals surface area contributed by atoms with Gasteiger partial charge in [-0.1, -0.05) is 39.1 Å². The van der Waals surface area contributed by atoms with Gasteiger partial charge in [-0.05, 0) is 19.2 Å². The standard InChI is InChI=1S/C10H13BrCl2N2O2S/c1-14-3-4-15(2)18(16,17)10-8(12)5-7(11)6-9(10)13/h5-6,14H,3-4H2,1-2H3. The van der Waals surface area contributed by atoms with Gasteiger partial charge in [0.25, 0.3) is 0 Å². The molecule has 0 atom stereocenters. The Balaban J connectivity index is 3.20. The van der Waals surface area contributed by atoms with Crippen LogP contribution in [0.5, 0.6) is 0 Å². The van der Waals surface area contributed by atoms with E-state index in [9.17, 15) is 8.42 Å². The summed E-state index contributed by atoms with van der Waals surface area (Å²) in [5.74, 6) is 0. The van der Waals surface area contributed by atoms with E-state index in [1.54, 1.807) is 7.05 Å². The molecule has 0 unspecified atom stereocenters. The summed E-state index contributed by atoms with van der Waals surface area (Å²) in [5.41, 5.74) is 0. The third-order valence-corrected chi connectivity index (χ3v) is 5.55. The molecule has 18 heavy (non-hydrogen) atoms. The maximum atomic E-state index is 12.3. The van der Waals surface area contributed by atoms with Crippen molar-refractivity contribution >= 4 is 49.2 Å². The second-order valence-electron chi connectivity index (χ2n) is 3.63. The van der Waals surface area contributed by atoms with Gasteiger partial charge in [0.1, 0.15) is 4.90 Å². The van der Waals surface area contributed by atoms with Crippen LogP contribution in [0.2, 0.25) is 10.0 Å². The minimum absolute atomic E-state index is 0.0624. The molecule has 102 valence electrons. The molecule has 0 radical (unpaired) electrons. The van der Waals surface area contributed by atoms with Crippen LogP contribution in [0.25, 0.3) is 0 Å². The van der Waals surface area contributed by atoms with Crippen molar-refractivity contribution in [2.75, 3.05) is 27.2 Å². The van der Waals surface area contributed by atoms with Gasteiger partial charge in [0.2, 0.25) is 10.0 Å². The molecular weight excluding hydrogens is 363 g/mol. The highest BCUT2D eigenvalue weighted by molar-refractivity contribution is 9.10. The van der Waals surface area contributed by atoms with E-state index in [0.29, 0.717) is 17.6 Å². The van der Waals surface area contributed by atoms with Gasteiger partial charge in [-0.2, -0.15) is 4.31 Å². The maximum absolute atomic E-state index is 12.3. The van der Waals surface area contributed by atoms with Crippen molar-refractivity contribution in [1.82, 2.24) is 9.62 Å². The van der Waals surface area contributed by atoms with Crippen LogP contribution in [0.15, 0.2) is 21.5 Å². The van der Waals surface area contributed by atoms with Crippen LogP contribution in [0.4, 0.5) is 0 Å². The molecule has 0 amide bonds. The highest BCUT2D eigenvalue weighted by atomic mass is 79.9. The Hall–Kier alpha value is 0.150. The van der Waals surface area contributed by atoms with Gasteiger partial charge in [-0.15, -0.1) is 0 Å². The van der Waals surface area contributed by atoms with Crippen molar-refractivity contribution < 1.29 is 8.42 Å². The summed E-state index contributed by atoms with van der Waals surface area (Å²) in [6, 6.07) is 3.01. The molecule has 0 saturated heterocycles. The average Bonchev–Trinajstić information content (AvgIpc) is 2.23. The van der Waals surface area contributed by atoms with Crippen molar-refractivity contribution in [2.45, 2.75) is 4.90 Å². The molecule has 1 N–H and O–H groups in total. The van der Waals surface area contributed by atoms with E-state index >= 15 is 0 Å². The summed E-state index contributed by atoms with van der Waals surface area (Å²) < 4.78 is 26.5. The lowest BCUT2D eigenvalue weighted by molar-refractivity contribution is 0.466. The minimum atomic E-state index is -3.68. The fourth-order valence-electron chi connectivity index (χ4n) is 1.32. The topological polar surface area (TPSA) is 49.4 Å². The number of likely N-dealkylation sites (N-methyl/N-ethyl adjacent to an activating group) is 2. The number of nitrogens with zero attached hydrogens (tertiary/aromatic N) is 1. The molecule has 0 aliphatic heterocycles. The number of benzene rings is 1. The first kappa shape index (κ1) is 16.2. The zero-order chi connectivity index (χ0) is 13.9. The minimum Gasteiger partial charge on any atom is -0.318 e. The van der Waals surface area contributed by atoms with Crippen molar-refractivity contribution in [2.24, 2.45) is 0 Å². The number of nitrogens with one attached hydrogen (secondary N) is 1. The van der Waals surface area contributed by atoms with Crippen molar-refractivity contribution in [3.63, 3.8) is 0 Å². The predicted molar refractivity (Wildman–Crippen MR) is 77.9 cm³/mol. The number of hydrogen-bond acceptors (Lipinski definition) is 3. The maximum Gasteiger partial charge on any atom is 0.245 e. The van der Waals surface area contributed by atoms with E-state index in [-0.39, 0.29) is 14.9 Å². The Morgan fingerprint density at radius 2 is 1.83 bits per heavy atom. The molecule has 0 heterocycles. The Labute approximate surface area is 125 Å². The van der Waals surface area contributed by atoms with Crippen LogP contribution in [-0.2, 0) is 10.0 Å². The summed E-state index contributed by atoms with van der Waals surface area (Å²) in [6.07, 6.45) is 0. The zero-order valence-electron chi connectivity index (χ0n) is 9.87. The molecule has 8 heteroatoms. The largest absolute Gasteiger partial charge is 0.318 e. The molecule has 0 spiro atoms. The van der Waals surface area contributed by atoms with Gasteiger partial charge >= 0.3 is 0 Å². The molecule has 0 fully saturated rings. The van der Waals surface area contributed by atoms with Gasteiger partial charge in [0, 0.05) is 24.6 Å². The van der Waals surface area contributed by atoms with E-state index in [4.69, 9.17) is 23.2 Å². The van der Waals surface area contributed by atoms with Gasteiger partial charge in [-0.3, -0.25) is 0 Å². The second kappa shape index (κ2) is 6.54. The second-order valence-corrected chi connectivity index (χ2v) is 7.34. The Kier molecular flexibility index (Phi) is 5.89. The summed E-state index contributed by atoms with van der Waals surface area (Å²) in [5, 5.41) is 3.09. The molecule has 1 rings (SSSR count). The molecule has 0 aliphatic carbocycles. The van der Waals surface area contributed by atoms with Crippen LogP contribution in [-0.4, -0.2) is 39.9 Å². The van der Waals surface area contributed by atoms with Gasteiger partial charge in [-0.25, -0.2) is 8.42 Å². The highest BCUT2D eigenvalue weighted by Crippen LogP contribution is 2.34. The Morgan fingerprint density at radius 1 is 1.33 bits per heavy atom. The smallest absolute Gasteiger partial charge is 0.245 e. The average molecular weight is 376 g/mol. The van der Waals surface area contributed by atoms with E-state index in [0.717, 1.165) is 0 Å². The van der Waals surface area contributed by atoms with Crippen LogP contribution >= 0.6 is 39.1 Å². The van der Waals surface area contributed by atoms with Crippen molar-refractivity contribution in [3.8, 4) is 0 Å². The van der Waals surface area contributed by atoms with E-state index in [2.05, 4.69) is 21.2 Å². The molecule has 1 aromatic carbocycles. The van der Waals surface area contributed by atoms with Crippen molar-refractivity contribution in [3.05, 3.63) is 26.7 Å². The molecule has 0 bridgehead atoms. The highest BCUT2D eigenvalue weighted by Gasteiger charge is 2.26. The predicted octanol–water partition coefficient (Wildman–Crippen LogP) is 2.60. The zero-order valence-corrected chi connectivity index (χ0v) is 13.8. The monoisotopic (exact) mass is 374 g/mol. The normalized spacial score (nSPS) is 12.1. The fourth-order valence-corrected chi connectivity index (χ4v) is 4.37. The van der Waals surface area contributed by atoms with E-state index in [1.165, 1.54) is 23.5 Å².